The van der Waals surface area contributed by atoms with Crippen LogP contribution >= 0.6 is 24.0 Å². The molecule has 1 amide bonds. The summed E-state index contributed by atoms with van der Waals surface area (Å²) in [6, 6.07) is 4.55. The van der Waals surface area contributed by atoms with E-state index in [0.29, 0.717) is 10.6 Å². The van der Waals surface area contributed by atoms with E-state index in [-0.39, 0.29) is 30.2 Å². The summed E-state index contributed by atoms with van der Waals surface area (Å²) >= 11 is 6.00. The molecule has 0 atom stereocenters. The smallest absolute Gasteiger partial charge is 0.227 e. The molecule has 6 heteroatoms. The van der Waals surface area contributed by atoms with Crippen molar-refractivity contribution in [2.75, 3.05) is 26.2 Å². The molecular formula is C16H21Cl2FN2O. The molecule has 2 aliphatic heterocycles. The van der Waals surface area contributed by atoms with Gasteiger partial charge in [-0.25, -0.2) is 4.39 Å². The van der Waals surface area contributed by atoms with E-state index in [1.54, 1.807) is 12.1 Å². The largest absolute Gasteiger partial charge is 0.342 e. The van der Waals surface area contributed by atoms with Crippen molar-refractivity contribution in [2.45, 2.75) is 25.7 Å². The van der Waals surface area contributed by atoms with Crippen LogP contribution in [0.5, 0.6) is 0 Å². The molecule has 0 saturated carbocycles. The van der Waals surface area contributed by atoms with Crippen molar-refractivity contribution < 1.29 is 9.18 Å². The molecule has 0 bridgehead atoms. The third-order valence-corrected chi connectivity index (χ3v) is 5.20. The Hall–Kier alpha value is -0.840. The maximum Gasteiger partial charge on any atom is 0.227 e. The first-order valence-corrected chi connectivity index (χ1v) is 7.89. The average molecular weight is 347 g/mol. The third kappa shape index (κ3) is 3.55. The first-order chi connectivity index (χ1) is 10.1. The predicted octanol–water partition coefficient (Wildman–Crippen LogP) is 3.05. The molecule has 3 nitrogen and oxygen atoms in total. The monoisotopic (exact) mass is 346 g/mol. The molecule has 3 rings (SSSR count). The van der Waals surface area contributed by atoms with Crippen molar-refractivity contribution in [3.8, 4) is 0 Å². The minimum Gasteiger partial charge on any atom is -0.342 e. The van der Waals surface area contributed by atoms with Crippen molar-refractivity contribution in [3.63, 3.8) is 0 Å². The Morgan fingerprint density at radius 3 is 2.73 bits per heavy atom. The minimum atomic E-state index is -0.397. The van der Waals surface area contributed by atoms with Crippen molar-refractivity contribution in [2.24, 2.45) is 5.41 Å². The van der Waals surface area contributed by atoms with Crippen LogP contribution in [0, 0.1) is 11.2 Å². The summed E-state index contributed by atoms with van der Waals surface area (Å²) in [5, 5.41) is 3.70. The van der Waals surface area contributed by atoms with Crippen LogP contribution < -0.4 is 5.32 Å². The van der Waals surface area contributed by atoms with Gasteiger partial charge in [-0.2, -0.15) is 0 Å². The van der Waals surface area contributed by atoms with Gasteiger partial charge in [0, 0.05) is 23.7 Å². The number of piperidine rings is 1. The Morgan fingerprint density at radius 1 is 1.32 bits per heavy atom. The third-order valence-electron chi connectivity index (χ3n) is 4.84. The van der Waals surface area contributed by atoms with E-state index in [9.17, 15) is 9.18 Å². The minimum absolute atomic E-state index is 0. The summed E-state index contributed by atoms with van der Waals surface area (Å²) in [6.45, 7) is 3.65. The molecular weight excluding hydrogens is 326 g/mol. The molecule has 0 aliphatic carbocycles. The number of hydrogen-bond acceptors (Lipinski definition) is 2. The Labute approximate surface area is 141 Å². The molecule has 1 aromatic carbocycles. The van der Waals surface area contributed by atoms with Crippen LogP contribution in [-0.4, -0.2) is 37.0 Å². The molecule has 2 aliphatic rings. The molecule has 1 spiro atoms. The SMILES string of the molecule is Cl.O=C(Cc1c(F)cccc1Cl)N1CCC2(CCNCC2)C1. The van der Waals surface area contributed by atoms with Gasteiger partial charge in [0.1, 0.15) is 5.82 Å². The number of amides is 1. The molecule has 1 N–H and O–H groups in total. The van der Waals surface area contributed by atoms with Gasteiger partial charge >= 0.3 is 0 Å². The van der Waals surface area contributed by atoms with Gasteiger partial charge in [-0.3, -0.25) is 4.79 Å². The fourth-order valence-corrected chi connectivity index (χ4v) is 3.71. The van der Waals surface area contributed by atoms with Gasteiger partial charge in [-0.05, 0) is 49.9 Å². The Bertz CT molecular complexity index is 527. The highest BCUT2D eigenvalue weighted by Crippen LogP contribution is 2.38. The highest BCUT2D eigenvalue weighted by Gasteiger charge is 2.40. The van der Waals surface area contributed by atoms with Gasteiger partial charge in [0.15, 0.2) is 0 Å². The highest BCUT2D eigenvalue weighted by atomic mass is 35.5. The Morgan fingerprint density at radius 2 is 2.05 bits per heavy atom. The summed E-state index contributed by atoms with van der Waals surface area (Å²) in [5.41, 5.74) is 0.593. The quantitative estimate of drug-likeness (QED) is 0.892. The van der Waals surface area contributed by atoms with Gasteiger partial charge in [-0.15, -0.1) is 12.4 Å². The van der Waals surface area contributed by atoms with Gasteiger partial charge in [0.2, 0.25) is 5.91 Å². The number of nitrogens with one attached hydrogen (secondary N) is 1. The maximum atomic E-state index is 13.8. The molecule has 0 radical (unpaired) electrons. The normalized spacial score (nSPS) is 20.0. The Kier molecular flexibility index (Phi) is 5.70. The van der Waals surface area contributed by atoms with Crippen LogP contribution in [0.25, 0.3) is 0 Å². The van der Waals surface area contributed by atoms with Crippen molar-refractivity contribution in [3.05, 3.63) is 34.6 Å². The van der Waals surface area contributed by atoms with Crippen LogP contribution in [0.3, 0.4) is 0 Å². The lowest BCUT2D eigenvalue weighted by molar-refractivity contribution is -0.130. The number of rotatable bonds is 2. The van der Waals surface area contributed by atoms with Crippen molar-refractivity contribution in [1.29, 1.82) is 0 Å². The molecule has 0 unspecified atom stereocenters. The number of carbonyl (C=O) groups excluding carboxylic acids is 1. The zero-order valence-electron chi connectivity index (χ0n) is 12.4. The second-order valence-corrected chi connectivity index (χ2v) is 6.60. The zero-order chi connectivity index (χ0) is 14.9. The molecule has 2 heterocycles. The van der Waals surface area contributed by atoms with Gasteiger partial charge < -0.3 is 10.2 Å². The standard InChI is InChI=1S/C16H20ClFN2O.ClH/c17-13-2-1-3-14(18)12(13)10-15(21)20-9-6-16(11-20)4-7-19-8-5-16;/h1-3,19H,4-11H2;1H. The maximum absolute atomic E-state index is 13.8. The zero-order valence-corrected chi connectivity index (χ0v) is 14.0. The number of carbonyl (C=O) groups is 1. The van der Waals surface area contributed by atoms with Crippen molar-refractivity contribution in [1.82, 2.24) is 10.2 Å². The summed E-state index contributed by atoms with van der Waals surface area (Å²) < 4.78 is 13.8. The first-order valence-electron chi connectivity index (χ1n) is 7.51. The summed E-state index contributed by atoms with van der Waals surface area (Å²) in [7, 11) is 0. The topological polar surface area (TPSA) is 32.3 Å². The number of hydrogen-bond donors (Lipinski definition) is 1. The lowest BCUT2D eigenvalue weighted by Gasteiger charge is -2.33. The fraction of sp³-hybridized carbons (Fsp3) is 0.562. The summed E-state index contributed by atoms with van der Waals surface area (Å²) in [4.78, 5) is 14.3. The molecule has 2 fully saturated rings. The fourth-order valence-electron chi connectivity index (χ4n) is 3.48. The Balaban J connectivity index is 0.00000176. The van der Waals surface area contributed by atoms with Crippen LogP contribution in [0.4, 0.5) is 4.39 Å². The van der Waals surface area contributed by atoms with Crippen LogP contribution in [-0.2, 0) is 11.2 Å². The van der Waals surface area contributed by atoms with Gasteiger partial charge in [0.25, 0.3) is 0 Å². The molecule has 0 aromatic heterocycles. The van der Waals surface area contributed by atoms with E-state index < -0.39 is 5.82 Å². The summed E-state index contributed by atoms with van der Waals surface area (Å²) in [5.74, 6) is -0.413. The molecule has 1 aromatic rings. The van der Waals surface area contributed by atoms with E-state index in [0.717, 1.165) is 45.4 Å². The number of nitrogens with zero attached hydrogens (tertiary/aromatic N) is 1. The van der Waals surface area contributed by atoms with E-state index >= 15 is 0 Å². The van der Waals surface area contributed by atoms with Gasteiger partial charge in [0.05, 0.1) is 6.42 Å². The predicted molar refractivity (Wildman–Crippen MR) is 88.1 cm³/mol. The highest BCUT2D eigenvalue weighted by molar-refractivity contribution is 6.31. The number of benzene rings is 1. The van der Waals surface area contributed by atoms with E-state index in [1.807, 2.05) is 4.90 Å². The lowest BCUT2D eigenvalue weighted by Crippen LogP contribution is -2.40. The summed E-state index contributed by atoms with van der Waals surface area (Å²) in [6.07, 6.45) is 3.36. The van der Waals surface area contributed by atoms with Crippen LogP contribution in [0.1, 0.15) is 24.8 Å². The molecule has 22 heavy (non-hydrogen) atoms. The average Bonchev–Trinajstić information content (AvgIpc) is 2.87. The van der Waals surface area contributed by atoms with E-state index in [4.69, 9.17) is 11.6 Å². The second kappa shape index (κ2) is 7.16. The number of likely N-dealkylation sites (tertiary alicyclic amines) is 1. The van der Waals surface area contributed by atoms with E-state index in [1.165, 1.54) is 6.07 Å². The van der Waals surface area contributed by atoms with Crippen molar-refractivity contribution >= 4 is 29.9 Å². The lowest BCUT2D eigenvalue weighted by atomic mass is 9.78. The van der Waals surface area contributed by atoms with Gasteiger partial charge in [-0.1, -0.05) is 17.7 Å². The van der Waals surface area contributed by atoms with Crippen LogP contribution in [0.2, 0.25) is 5.02 Å². The number of halogens is 3. The first kappa shape index (κ1) is 17.5. The second-order valence-electron chi connectivity index (χ2n) is 6.19. The van der Waals surface area contributed by atoms with E-state index in [2.05, 4.69) is 5.32 Å². The van der Waals surface area contributed by atoms with Crippen LogP contribution in [0.15, 0.2) is 18.2 Å². The molecule has 2 saturated heterocycles. The molecule has 122 valence electrons.